The predicted molar refractivity (Wildman–Crippen MR) is 80.6 cm³/mol. The normalized spacial score (nSPS) is 18.5. The summed E-state index contributed by atoms with van der Waals surface area (Å²) < 4.78 is 6.52. The van der Waals surface area contributed by atoms with Crippen molar-refractivity contribution in [2.45, 2.75) is 25.8 Å². The van der Waals surface area contributed by atoms with Crippen molar-refractivity contribution in [2.75, 3.05) is 6.54 Å². The Kier molecular flexibility index (Phi) is 3.66. The molecule has 1 saturated heterocycles. The van der Waals surface area contributed by atoms with E-state index < -0.39 is 0 Å². The van der Waals surface area contributed by atoms with Crippen LogP contribution in [-0.2, 0) is 0 Å². The maximum atomic E-state index is 12.5. The molecule has 0 spiro atoms. The summed E-state index contributed by atoms with van der Waals surface area (Å²) in [6.07, 6.45) is 2.04. The van der Waals surface area contributed by atoms with Crippen LogP contribution in [0.5, 0.6) is 0 Å². The van der Waals surface area contributed by atoms with Gasteiger partial charge in [-0.3, -0.25) is 4.79 Å². The Morgan fingerprint density at radius 3 is 2.65 bits per heavy atom. The third-order valence-electron chi connectivity index (χ3n) is 3.72. The van der Waals surface area contributed by atoms with Crippen LogP contribution in [0.4, 0.5) is 0 Å². The van der Waals surface area contributed by atoms with Crippen LogP contribution in [0, 0.1) is 6.92 Å². The summed E-state index contributed by atoms with van der Waals surface area (Å²) in [5.74, 6) is 1.20. The van der Waals surface area contributed by atoms with Crippen LogP contribution in [0.2, 0.25) is 0 Å². The first kappa shape index (κ1) is 13.4. The maximum Gasteiger partial charge on any atom is 0.290 e. The highest BCUT2D eigenvalue weighted by molar-refractivity contribution is 9.10. The Bertz CT molecular complexity index is 618. The van der Waals surface area contributed by atoms with Crippen molar-refractivity contribution in [3.8, 4) is 0 Å². The third kappa shape index (κ3) is 2.52. The average Bonchev–Trinajstić information content (AvgIpc) is 3.07. The van der Waals surface area contributed by atoms with Crippen LogP contribution < -0.4 is 0 Å². The lowest BCUT2D eigenvalue weighted by atomic mass is 10.0. The van der Waals surface area contributed by atoms with Gasteiger partial charge in [0, 0.05) is 11.0 Å². The second kappa shape index (κ2) is 5.44. The number of likely N-dealkylation sites (tertiary alicyclic amines) is 1. The van der Waals surface area contributed by atoms with Gasteiger partial charge in [-0.1, -0.05) is 28.1 Å². The number of aryl methyl sites for hydroxylation is 1. The van der Waals surface area contributed by atoms with Gasteiger partial charge in [-0.15, -0.1) is 0 Å². The number of nitrogens with zero attached hydrogens (tertiary/aromatic N) is 1. The molecule has 20 heavy (non-hydrogen) atoms. The highest BCUT2D eigenvalue weighted by Crippen LogP contribution is 2.33. The van der Waals surface area contributed by atoms with E-state index in [-0.39, 0.29) is 11.9 Å². The quantitative estimate of drug-likeness (QED) is 0.819. The van der Waals surface area contributed by atoms with E-state index in [4.69, 9.17) is 4.42 Å². The Labute approximate surface area is 126 Å². The van der Waals surface area contributed by atoms with Crippen LogP contribution in [0.1, 0.15) is 40.8 Å². The molecule has 0 aliphatic carbocycles. The number of carbonyl (C=O) groups is 1. The van der Waals surface area contributed by atoms with Crippen LogP contribution in [-0.4, -0.2) is 17.4 Å². The van der Waals surface area contributed by atoms with Gasteiger partial charge < -0.3 is 9.32 Å². The molecular formula is C16H16BrNO2. The first-order valence-corrected chi connectivity index (χ1v) is 7.57. The molecule has 0 bridgehead atoms. The third-order valence-corrected chi connectivity index (χ3v) is 4.25. The topological polar surface area (TPSA) is 33.5 Å². The molecule has 104 valence electrons. The van der Waals surface area contributed by atoms with E-state index in [1.54, 1.807) is 6.07 Å². The van der Waals surface area contributed by atoms with Gasteiger partial charge in [0.1, 0.15) is 5.76 Å². The predicted octanol–water partition coefficient (Wildman–Crippen LogP) is 4.33. The van der Waals surface area contributed by atoms with Crippen molar-refractivity contribution < 1.29 is 9.21 Å². The zero-order chi connectivity index (χ0) is 14.1. The molecule has 0 N–H and O–H groups in total. The summed E-state index contributed by atoms with van der Waals surface area (Å²) in [6.45, 7) is 2.65. The minimum Gasteiger partial charge on any atom is -0.456 e. The van der Waals surface area contributed by atoms with Crippen LogP contribution in [0.3, 0.4) is 0 Å². The molecule has 1 fully saturated rings. The van der Waals surface area contributed by atoms with E-state index in [0.29, 0.717) is 5.76 Å². The second-order valence-electron chi connectivity index (χ2n) is 5.12. The maximum absolute atomic E-state index is 12.5. The van der Waals surface area contributed by atoms with E-state index in [1.807, 2.05) is 30.0 Å². The fourth-order valence-electron chi connectivity index (χ4n) is 2.73. The SMILES string of the molecule is Cc1ccc(C(=O)N2CCCC2c2ccc(Br)cc2)o1. The molecule has 2 heterocycles. The molecule has 0 saturated carbocycles. The molecule has 3 nitrogen and oxygen atoms in total. The number of benzene rings is 1. The molecule has 4 heteroatoms. The number of carbonyl (C=O) groups excluding carboxylic acids is 1. The summed E-state index contributed by atoms with van der Waals surface area (Å²) in [5.41, 5.74) is 1.18. The molecule has 0 radical (unpaired) electrons. The lowest BCUT2D eigenvalue weighted by molar-refractivity contribution is 0.0702. The first-order valence-electron chi connectivity index (χ1n) is 6.78. The number of hydrogen-bond donors (Lipinski definition) is 0. The largest absolute Gasteiger partial charge is 0.456 e. The van der Waals surface area contributed by atoms with Crippen molar-refractivity contribution in [1.82, 2.24) is 4.90 Å². The number of furan rings is 1. The van der Waals surface area contributed by atoms with Gasteiger partial charge in [0.2, 0.25) is 0 Å². The van der Waals surface area contributed by atoms with Gasteiger partial charge >= 0.3 is 0 Å². The Balaban J connectivity index is 1.85. The van der Waals surface area contributed by atoms with Crippen molar-refractivity contribution in [3.05, 3.63) is 58.0 Å². The summed E-state index contributed by atoms with van der Waals surface area (Å²) in [4.78, 5) is 14.5. The highest BCUT2D eigenvalue weighted by Gasteiger charge is 2.31. The van der Waals surface area contributed by atoms with Crippen molar-refractivity contribution >= 4 is 21.8 Å². The van der Waals surface area contributed by atoms with Crippen molar-refractivity contribution in [1.29, 1.82) is 0 Å². The number of amides is 1. The molecule has 1 aromatic heterocycles. The molecule has 1 unspecified atom stereocenters. The Morgan fingerprint density at radius 2 is 2.00 bits per heavy atom. The zero-order valence-corrected chi connectivity index (χ0v) is 12.9. The summed E-state index contributed by atoms with van der Waals surface area (Å²) >= 11 is 3.44. The number of hydrogen-bond acceptors (Lipinski definition) is 2. The fourth-order valence-corrected chi connectivity index (χ4v) is 3.00. The van der Waals surface area contributed by atoms with E-state index in [2.05, 4.69) is 28.1 Å². The molecule has 1 atom stereocenters. The van der Waals surface area contributed by atoms with Crippen molar-refractivity contribution in [2.24, 2.45) is 0 Å². The number of halogens is 1. The molecule has 1 amide bonds. The van der Waals surface area contributed by atoms with E-state index in [9.17, 15) is 4.79 Å². The average molecular weight is 334 g/mol. The molecule has 1 aromatic carbocycles. The summed E-state index contributed by atoms with van der Waals surface area (Å²) in [7, 11) is 0. The molecule has 2 aromatic rings. The van der Waals surface area contributed by atoms with Crippen molar-refractivity contribution in [3.63, 3.8) is 0 Å². The second-order valence-corrected chi connectivity index (χ2v) is 6.03. The van der Waals surface area contributed by atoms with Gasteiger partial charge in [-0.25, -0.2) is 0 Å². The fraction of sp³-hybridized carbons (Fsp3) is 0.312. The van der Waals surface area contributed by atoms with Gasteiger partial charge in [0.05, 0.1) is 6.04 Å². The van der Waals surface area contributed by atoms with E-state index in [1.165, 1.54) is 5.56 Å². The summed E-state index contributed by atoms with van der Waals surface area (Å²) in [6, 6.07) is 11.9. The van der Waals surface area contributed by atoms with Crippen LogP contribution >= 0.6 is 15.9 Å². The standard InChI is InChI=1S/C16H16BrNO2/c1-11-4-9-15(20-11)16(19)18-10-2-3-14(18)12-5-7-13(17)8-6-12/h4-9,14H,2-3,10H2,1H3. The monoisotopic (exact) mass is 333 g/mol. The zero-order valence-electron chi connectivity index (χ0n) is 11.3. The molecule has 1 aliphatic rings. The summed E-state index contributed by atoms with van der Waals surface area (Å²) in [5, 5.41) is 0. The molecular weight excluding hydrogens is 318 g/mol. The van der Waals surface area contributed by atoms with Gasteiger partial charge in [0.15, 0.2) is 5.76 Å². The first-order chi connectivity index (χ1) is 9.65. The van der Waals surface area contributed by atoms with Crippen LogP contribution in [0.25, 0.3) is 0 Å². The number of rotatable bonds is 2. The highest BCUT2D eigenvalue weighted by atomic mass is 79.9. The van der Waals surface area contributed by atoms with Gasteiger partial charge in [0.25, 0.3) is 5.91 Å². The molecule has 3 rings (SSSR count). The molecule has 1 aliphatic heterocycles. The minimum atomic E-state index is -0.0106. The lowest BCUT2D eigenvalue weighted by Gasteiger charge is -2.24. The van der Waals surface area contributed by atoms with Gasteiger partial charge in [-0.2, -0.15) is 0 Å². The Morgan fingerprint density at radius 1 is 1.25 bits per heavy atom. The van der Waals surface area contributed by atoms with E-state index >= 15 is 0 Å². The van der Waals surface area contributed by atoms with E-state index in [0.717, 1.165) is 29.6 Å². The lowest BCUT2D eigenvalue weighted by Crippen LogP contribution is -2.30. The van der Waals surface area contributed by atoms with Crippen LogP contribution in [0.15, 0.2) is 45.3 Å². The Hall–Kier alpha value is -1.55. The minimum absolute atomic E-state index is 0.0106. The smallest absolute Gasteiger partial charge is 0.290 e. The van der Waals surface area contributed by atoms with Gasteiger partial charge in [-0.05, 0) is 49.6 Å².